The molecule has 5 heteroatoms. The maximum Gasteiger partial charge on any atom is 0.390 e. The van der Waals surface area contributed by atoms with Gasteiger partial charge < -0.3 is 10.1 Å². The first-order valence-corrected chi connectivity index (χ1v) is 6.43. The first-order valence-electron chi connectivity index (χ1n) is 6.43. The Balaban J connectivity index is 1.74. The third-order valence-electron chi connectivity index (χ3n) is 3.85. The lowest BCUT2D eigenvalue weighted by Crippen LogP contribution is -2.46. The lowest BCUT2D eigenvalue weighted by atomic mass is 9.89. The number of nitrogens with one attached hydrogen (secondary N) is 1. The molecule has 2 aliphatic rings. The van der Waals surface area contributed by atoms with Gasteiger partial charge in [-0.25, -0.2) is 0 Å². The highest BCUT2D eigenvalue weighted by molar-refractivity contribution is 4.93. The van der Waals surface area contributed by atoms with Crippen LogP contribution in [0.1, 0.15) is 44.9 Å². The van der Waals surface area contributed by atoms with E-state index in [1.165, 1.54) is 12.8 Å². The van der Waals surface area contributed by atoms with Crippen molar-refractivity contribution in [3.05, 3.63) is 0 Å². The smallest absolute Gasteiger partial charge is 0.375 e. The van der Waals surface area contributed by atoms with Crippen LogP contribution in [0.2, 0.25) is 0 Å². The Hall–Kier alpha value is -0.290. The first-order chi connectivity index (χ1) is 7.99. The maximum absolute atomic E-state index is 12.0. The predicted octanol–water partition coefficient (Wildman–Crippen LogP) is 3.02. The number of hydrogen-bond acceptors (Lipinski definition) is 2. The van der Waals surface area contributed by atoms with Crippen molar-refractivity contribution in [2.45, 2.75) is 62.8 Å². The third-order valence-corrected chi connectivity index (χ3v) is 3.85. The van der Waals surface area contributed by atoms with Gasteiger partial charge in [0.1, 0.15) is 0 Å². The number of ether oxygens (including phenoxy) is 1. The molecule has 2 nitrogen and oxygen atoms in total. The molecule has 1 saturated heterocycles. The number of halogens is 3. The Morgan fingerprint density at radius 2 is 1.94 bits per heavy atom. The van der Waals surface area contributed by atoms with Gasteiger partial charge in [-0.2, -0.15) is 13.2 Å². The topological polar surface area (TPSA) is 21.3 Å². The Labute approximate surface area is 99.9 Å². The Morgan fingerprint density at radius 1 is 1.24 bits per heavy atom. The fourth-order valence-corrected chi connectivity index (χ4v) is 2.99. The van der Waals surface area contributed by atoms with E-state index >= 15 is 0 Å². The summed E-state index contributed by atoms with van der Waals surface area (Å²) < 4.78 is 42.0. The summed E-state index contributed by atoms with van der Waals surface area (Å²) in [7, 11) is 0. The zero-order valence-electron chi connectivity index (χ0n) is 9.98. The summed E-state index contributed by atoms with van der Waals surface area (Å²) >= 11 is 0. The number of hydrogen-bond donors (Lipinski definition) is 1. The molecule has 1 saturated carbocycles. The quantitative estimate of drug-likeness (QED) is 0.832. The molecular formula is C12H20F3NO. The zero-order valence-corrected chi connectivity index (χ0v) is 9.98. The van der Waals surface area contributed by atoms with Crippen molar-refractivity contribution < 1.29 is 17.9 Å². The van der Waals surface area contributed by atoms with Crippen LogP contribution in [0, 0.1) is 0 Å². The van der Waals surface area contributed by atoms with Crippen molar-refractivity contribution in [1.82, 2.24) is 5.32 Å². The van der Waals surface area contributed by atoms with Gasteiger partial charge in [0.05, 0.1) is 12.0 Å². The fourth-order valence-electron chi connectivity index (χ4n) is 2.99. The molecule has 1 heterocycles. The van der Waals surface area contributed by atoms with E-state index in [1.54, 1.807) is 0 Å². The molecule has 0 aromatic heterocycles. The van der Waals surface area contributed by atoms with Crippen LogP contribution >= 0.6 is 0 Å². The summed E-state index contributed by atoms with van der Waals surface area (Å²) in [6.45, 7) is 0.716. The number of rotatable bonds is 3. The van der Waals surface area contributed by atoms with Crippen molar-refractivity contribution >= 4 is 0 Å². The highest BCUT2D eigenvalue weighted by atomic mass is 19.4. The van der Waals surface area contributed by atoms with E-state index in [4.69, 9.17) is 4.74 Å². The summed E-state index contributed by atoms with van der Waals surface area (Å²) in [5, 5.41) is 3.03. The van der Waals surface area contributed by atoms with Crippen LogP contribution in [-0.2, 0) is 4.74 Å². The van der Waals surface area contributed by atoms with E-state index < -0.39 is 12.6 Å². The molecule has 2 rings (SSSR count). The van der Waals surface area contributed by atoms with Crippen LogP contribution in [0.4, 0.5) is 13.2 Å². The molecule has 1 aliphatic carbocycles. The Morgan fingerprint density at radius 3 is 2.59 bits per heavy atom. The van der Waals surface area contributed by atoms with Crippen LogP contribution in [0.5, 0.6) is 0 Å². The van der Waals surface area contributed by atoms with Gasteiger partial charge in [0.25, 0.3) is 0 Å². The molecule has 1 aliphatic heterocycles. The summed E-state index contributed by atoms with van der Waals surface area (Å²) in [6.07, 6.45) is 1.45. The van der Waals surface area contributed by atoms with Crippen molar-refractivity contribution in [1.29, 1.82) is 0 Å². The standard InChI is InChI=1S/C12H20F3NO/c13-12(14,15)6-7-16-10-3-8-17-11(9-10)4-1-2-5-11/h10,16H,1-9H2. The first kappa shape index (κ1) is 13.1. The molecule has 0 aromatic carbocycles. The molecule has 0 amide bonds. The lowest BCUT2D eigenvalue weighted by molar-refractivity contribution is -0.134. The maximum atomic E-state index is 12.0. The average Bonchev–Trinajstić information content (AvgIpc) is 2.64. The minimum atomic E-state index is -4.05. The largest absolute Gasteiger partial charge is 0.390 e. The molecule has 1 spiro atoms. The van der Waals surface area contributed by atoms with E-state index in [0.717, 1.165) is 25.7 Å². The van der Waals surface area contributed by atoms with Crippen molar-refractivity contribution in [2.75, 3.05) is 13.2 Å². The zero-order chi connectivity index (χ0) is 12.4. The summed E-state index contributed by atoms with van der Waals surface area (Å²) in [5.41, 5.74) is -0.0197. The van der Waals surface area contributed by atoms with E-state index in [1.807, 2.05) is 0 Å². The van der Waals surface area contributed by atoms with E-state index in [9.17, 15) is 13.2 Å². The highest BCUT2D eigenvalue weighted by Gasteiger charge is 2.39. The molecule has 2 fully saturated rings. The van der Waals surface area contributed by atoms with Gasteiger partial charge in [-0.1, -0.05) is 12.8 Å². The van der Waals surface area contributed by atoms with Crippen LogP contribution in [0.15, 0.2) is 0 Å². The van der Waals surface area contributed by atoms with Gasteiger partial charge in [-0.05, 0) is 25.7 Å². The summed E-state index contributed by atoms with van der Waals surface area (Å²) in [6, 6.07) is 0.198. The monoisotopic (exact) mass is 251 g/mol. The number of alkyl halides is 3. The highest BCUT2D eigenvalue weighted by Crippen LogP contribution is 2.39. The second kappa shape index (κ2) is 5.14. The van der Waals surface area contributed by atoms with Crippen molar-refractivity contribution in [3.8, 4) is 0 Å². The lowest BCUT2D eigenvalue weighted by Gasteiger charge is -2.38. The normalized spacial score (nSPS) is 28.8. The van der Waals surface area contributed by atoms with Crippen molar-refractivity contribution in [2.24, 2.45) is 0 Å². The van der Waals surface area contributed by atoms with E-state index in [2.05, 4.69) is 5.32 Å². The molecule has 100 valence electrons. The second-order valence-electron chi connectivity index (χ2n) is 5.25. The van der Waals surface area contributed by atoms with Crippen LogP contribution in [-0.4, -0.2) is 31.0 Å². The predicted molar refractivity (Wildman–Crippen MR) is 58.8 cm³/mol. The minimum absolute atomic E-state index is 0.0197. The molecule has 17 heavy (non-hydrogen) atoms. The van der Waals surface area contributed by atoms with Gasteiger partial charge in [0, 0.05) is 19.2 Å². The Bertz CT molecular complexity index is 249. The molecule has 0 bridgehead atoms. The fraction of sp³-hybridized carbons (Fsp3) is 1.00. The summed E-state index contributed by atoms with van der Waals surface area (Å²) in [5.74, 6) is 0. The van der Waals surface area contributed by atoms with E-state index in [0.29, 0.717) is 6.61 Å². The van der Waals surface area contributed by atoms with Crippen LogP contribution < -0.4 is 5.32 Å². The second-order valence-corrected chi connectivity index (χ2v) is 5.25. The van der Waals surface area contributed by atoms with Gasteiger partial charge in [0.2, 0.25) is 0 Å². The average molecular weight is 251 g/mol. The van der Waals surface area contributed by atoms with Gasteiger partial charge in [0.15, 0.2) is 0 Å². The van der Waals surface area contributed by atoms with Crippen LogP contribution in [0.25, 0.3) is 0 Å². The SMILES string of the molecule is FC(F)(F)CCNC1CCOC2(CCCC2)C1. The van der Waals surface area contributed by atoms with Gasteiger partial charge in [-0.3, -0.25) is 0 Å². The molecule has 0 radical (unpaired) electrons. The Kier molecular flexibility index (Phi) is 3.98. The van der Waals surface area contributed by atoms with Gasteiger partial charge >= 0.3 is 6.18 Å². The third kappa shape index (κ3) is 3.85. The summed E-state index contributed by atoms with van der Waals surface area (Å²) in [4.78, 5) is 0. The van der Waals surface area contributed by atoms with Crippen LogP contribution in [0.3, 0.4) is 0 Å². The van der Waals surface area contributed by atoms with Crippen molar-refractivity contribution in [3.63, 3.8) is 0 Å². The molecule has 1 N–H and O–H groups in total. The van der Waals surface area contributed by atoms with E-state index in [-0.39, 0.29) is 18.2 Å². The molecule has 1 unspecified atom stereocenters. The minimum Gasteiger partial charge on any atom is -0.375 e. The molecular weight excluding hydrogens is 231 g/mol. The molecule has 1 atom stereocenters. The molecule has 0 aromatic rings. The van der Waals surface area contributed by atoms with Gasteiger partial charge in [-0.15, -0.1) is 0 Å².